The van der Waals surface area contributed by atoms with Crippen LogP contribution in [0, 0.1) is 0 Å². The molecular weight excluding hydrogens is 286 g/mol. The van der Waals surface area contributed by atoms with Crippen molar-refractivity contribution in [1.29, 1.82) is 0 Å². The highest BCUT2D eigenvalue weighted by Gasteiger charge is 2.17. The summed E-state index contributed by atoms with van der Waals surface area (Å²) in [6.45, 7) is 4.52. The molecule has 1 heterocycles. The van der Waals surface area contributed by atoms with Crippen molar-refractivity contribution in [2.75, 3.05) is 12.1 Å². The third kappa shape index (κ3) is 2.93. The summed E-state index contributed by atoms with van der Waals surface area (Å²) >= 11 is 6.29. The summed E-state index contributed by atoms with van der Waals surface area (Å²) in [7, 11) is 0. The highest BCUT2D eigenvalue weighted by molar-refractivity contribution is 6.33. The second kappa shape index (κ2) is 5.86. The van der Waals surface area contributed by atoms with Gasteiger partial charge in [0.15, 0.2) is 11.5 Å². The standard InChI is InChI=1S/C17H18ClNO2/c1-3-12-4-6-13(7-5-12)11(2)19-15-9-17-16(8-14(15)18)20-10-21-17/h4-9,11,19H,3,10H2,1-2H3. The Morgan fingerprint density at radius 1 is 1.14 bits per heavy atom. The molecule has 0 amide bonds. The molecule has 2 aromatic rings. The molecule has 110 valence electrons. The quantitative estimate of drug-likeness (QED) is 0.879. The molecule has 0 spiro atoms. The van der Waals surface area contributed by atoms with E-state index >= 15 is 0 Å². The lowest BCUT2D eigenvalue weighted by molar-refractivity contribution is 0.174. The lowest BCUT2D eigenvalue weighted by atomic mass is 10.0. The van der Waals surface area contributed by atoms with Crippen LogP contribution in [0.25, 0.3) is 0 Å². The number of halogens is 1. The van der Waals surface area contributed by atoms with E-state index in [1.54, 1.807) is 6.07 Å². The molecule has 0 saturated carbocycles. The van der Waals surface area contributed by atoms with Gasteiger partial charge in [0.1, 0.15) is 0 Å². The molecule has 0 radical (unpaired) electrons. The predicted octanol–water partition coefficient (Wildman–Crippen LogP) is 4.80. The Morgan fingerprint density at radius 3 is 2.48 bits per heavy atom. The minimum Gasteiger partial charge on any atom is -0.454 e. The fraction of sp³-hybridized carbons (Fsp3) is 0.294. The van der Waals surface area contributed by atoms with Gasteiger partial charge in [-0.3, -0.25) is 0 Å². The van der Waals surface area contributed by atoms with Gasteiger partial charge in [-0.05, 0) is 24.5 Å². The monoisotopic (exact) mass is 303 g/mol. The Hall–Kier alpha value is -1.87. The molecule has 1 N–H and O–H groups in total. The highest BCUT2D eigenvalue weighted by Crippen LogP contribution is 2.40. The Balaban J connectivity index is 1.79. The molecule has 1 aliphatic rings. The molecule has 4 heteroatoms. The molecule has 3 rings (SSSR count). The van der Waals surface area contributed by atoms with E-state index < -0.39 is 0 Å². The molecule has 21 heavy (non-hydrogen) atoms. The first-order valence-corrected chi connectivity index (χ1v) is 7.49. The fourth-order valence-corrected chi connectivity index (χ4v) is 2.59. The average Bonchev–Trinajstić information content (AvgIpc) is 2.94. The molecule has 0 bridgehead atoms. The van der Waals surface area contributed by atoms with Crippen molar-refractivity contribution in [2.45, 2.75) is 26.3 Å². The number of rotatable bonds is 4. The van der Waals surface area contributed by atoms with Crippen molar-refractivity contribution in [3.8, 4) is 11.5 Å². The van der Waals surface area contributed by atoms with Crippen LogP contribution in [0.2, 0.25) is 5.02 Å². The van der Waals surface area contributed by atoms with Crippen LogP contribution in [-0.2, 0) is 6.42 Å². The first-order chi connectivity index (χ1) is 10.2. The van der Waals surface area contributed by atoms with E-state index in [0.717, 1.165) is 17.9 Å². The van der Waals surface area contributed by atoms with Gasteiger partial charge in [-0.1, -0.05) is 42.8 Å². The van der Waals surface area contributed by atoms with Gasteiger partial charge in [-0.25, -0.2) is 0 Å². The molecule has 1 unspecified atom stereocenters. The zero-order valence-electron chi connectivity index (χ0n) is 12.2. The maximum Gasteiger partial charge on any atom is 0.231 e. The zero-order valence-corrected chi connectivity index (χ0v) is 12.9. The molecule has 1 aliphatic heterocycles. The van der Waals surface area contributed by atoms with Crippen molar-refractivity contribution < 1.29 is 9.47 Å². The van der Waals surface area contributed by atoms with Gasteiger partial charge >= 0.3 is 0 Å². The summed E-state index contributed by atoms with van der Waals surface area (Å²) in [5.74, 6) is 1.43. The number of hydrogen-bond acceptors (Lipinski definition) is 3. The van der Waals surface area contributed by atoms with Crippen molar-refractivity contribution in [3.05, 3.63) is 52.5 Å². The van der Waals surface area contributed by atoms with E-state index in [0.29, 0.717) is 10.8 Å². The largest absolute Gasteiger partial charge is 0.454 e. The van der Waals surface area contributed by atoms with Gasteiger partial charge in [0.25, 0.3) is 0 Å². The Morgan fingerprint density at radius 2 is 1.81 bits per heavy atom. The Kier molecular flexibility index (Phi) is 3.93. The minimum atomic E-state index is 0.161. The molecule has 0 fully saturated rings. The Bertz CT molecular complexity index is 640. The number of ether oxygens (including phenoxy) is 2. The maximum absolute atomic E-state index is 6.29. The van der Waals surface area contributed by atoms with Crippen molar-refractivity contribution in [3.63, 3.8) is 0 Å². The molecule has 0 aliphatic carbocycles. The van der Waals surface area contributed by atoms with Crippen LogP contribution in [0.1, 0.15) is 31.0 Å². The summed E-state index contributed by atoms with van der Waals surface area (Å²) in [4.78, 5) is 0. The third-order valence-electron chi connectivity index (χ3n) is 3.72. The molecule has 2 aromatic carbocycles. The van der Waals surface area contributed by atoms with Gasteiger partial charge in [0.05, 0.1) is 10.7 Å². The topological polar surface area (TPSA) is 30.5 Å². The van der Waals surface area contributed by atoms with Gasteiger partial charge in [-0.15, -0.1) is 0 Å². The SMILES string of the molecule is CCc1ccc(C(C)Nc2cc3c(cc2Cl)OCO3)cc1. The van der Waals surface area contributed by atoms with Crippen LogP contribution < -0.4 is 14.8 Å². The van der Waals surface area contributed by atoms with E-state index in [2.05, 4.69) is 43.4 Å². The smallest absolute Gasteiger partial charge is 0.231 e. The van der Waals surface area contributed by atoms with Crippen LogP contribution in [0.3, 0.4) is 0 Å². The summed E-state index contributed by atoms with van der Waals surface area (Å²) in [6, 6.07) is 12.5. The van der Waals surface area contributed by atoms with E-state index in [-0.39, 0.29) is 12.8 Å². The predicted molar refractivity (Wildman–Crippen MR) is 85.4 cm³/mol. The lowest BCUT2D eigenvalue weighted by Crippen LogP contribution is -2.07. The van der Waals surface area contributed by atoms with Gasteiger partial charge in [0.2, 0.25) is 6.79 Å². The summed E-state index contributed by atoms with van der Waals surface area (Å²) in [5, 5.41) is 4.06. The summed E-state index contributed by atoms with van der Waals surface area (Å²) in [5.41, 5.74) is 3.42. The van der Waals surface area contributed by atoms with Crippen LogP contribution >= 0.6 is 11.6 Å². The van der Waals surface area contributed by atoms with Crippen molar-refractivity contribution >= 4 is 17.3 Å². The second-order valence-electron chi connectivity index (χ2n) is 5.15. The van der Waals surface area contributed by atoms with Gasteiger partial charge in [-0.2, -0.15) is 0 Å². The number of fused-ring (bicyclic) bond motifs is 1. The fourth-order valence-electron chi connectivity index (χ4n) is 2.39. The first kappa shape index (κ1) is 14.1. The summed E-state index contributed by atoms with van der Waals surface area (Å²) in [6.07, 6.45) is 1.05. The van der Waals surface area contributed by atoms with Crippen molar-refractivity contribution in [2.24, 2.45) is 0 Å². The van der Waals surface area contributed by atoms with E-state index in [4.69, 9.17) is 21.1 Å². The molecular formula is C17H18ClNO2. The van der Waals surface area contributed by atoms with E-state index in [9.17, 15) is 0 Å². The third-order valence-corrected chi connectivity index (χ3v) is 4.03. The van der Waals surface area contributed by atoms with Crippen molar-refractivity contribution in [1.82, 2.24) is 0 Å². The number of benzene rings is 2. The van der Waals surface area contributed by atoms with Crippen LogP contribution in [0.15, 0.2) is 36.4 Å². The lowest BCUT2D eigenvalue weighted by Gasteiger charge is -2.17. The van der Waals surface area contributed by atoms with Crippen LogP contribution in [0.5, 0.6) is 11.5 Å². The van der Waals surface area contributed by atoms with Gasteiger partial charge < -0.3 is 14.8 Å². The van der Waals surface area contributed by atoms with Crippen LogP contribution in [0.4, 0.5) is 5.69 Å². The number of anilines is 1. The number of aryl methyl sites for hydroxylation is 1. The maximum atomic E-state index is 6.29. The average molecular weight is 304 g/mol. The number of hydrogen-bond donors (Lipinski definition) is 1. The normalized spacial score (nSPS) is 14.0. The molecule has 0 aromatic heterocycles. The first-order valence-electron chi connectivity index (χ1n) is 7.12. The van der Waals surface area contributed by atoms with E-state index in [1.807, 2.05) is 6.07 Å². The second-order valence-corrected chi connectivity index (χ2v) is 5.55. The molecule has 1 atom stereocenters. The van der Waals surface area contributed by atoms with Gasteiger partial charge in [0, 0.05) is 18.2 Å². The van der Waals surface area contributed by atoms with E-state index in [1.165, 1.54) is 11.1 Å². The minimum absolute atomic E-state index is 0.161. The number of nitrogens with one attached hydrogen (secondary N) is 1. The zero-order chi connectivity index (χ0) is 14.8. The molecule has 3 nitrogen and oxygen atoms in total. The van der Waals surface area contributed by atoms with Crippen LogP contribution in [-0.4, -0.2) is 6.79 Å². The summed E-state index contributed by atoms with van der Waals surface area (Å²) < 4.78 is 10.7. The Labute approximate surface area is 129 Å². The highest BCUT2D eigenvalue weighted by atomic mass is 35.5. The molecule has 0 saturated heterocycles.